The highest BCUT2D eigenvalue weighted by molar-refractivity contribution is 8.15. The molecule has 32 heavy (non-hydrogen) atoms. The number of hydrazone groups is 1. The van der Waals surface area contributed by atoms with Crippen LogP contribution in [0, 0.1) is 17.6 Å². The fourth-order valence-corrected chi connectivity index (χ4v) is 5.62. The maximum atomic E-state index is 14.5. The number of halogens is 2. The van der Waals surface area contributed by atoms with Crippen molar-refractivity contribution in [3.63, 3.8) is 0 Å². The molecule has 0 radical (unpaired) electrons. The van der Waals surface area contributed by atoms with E-state index in [4.69, 9.17) is 4.74 Å². The fourth-order valence-electron chi connectivity index (χ4n) is 4.22. The van der Waals surface area contributed by atoms with Gasteiger partial charge < -0.3 is 4.74 Å². The minimum absolute atomic E-state index is 0.0298. The van der Waals surface area contributed by atoms with Crippen LogP contribution in [0.3, 0.4) is 0 Å². The second kappa shape index (κ2) is 8.39. The van der Waals surface area contributed by atoms with E-state index in [0.717, 1.165) is 36.2 Å². The number of amides is 1. The third-order valence-corrected chi connectivity index (χ3v) is 7.03. The largest absolute Gasteiger partial charge is 0.443 e. The van der Waals surface area contributed by atoms with E-state index in [-0.39, 0.29) is 11.5 Å². The topological polar surface area (TPSA) is 53.9 Å². The maximum Gasteiger partial charge on any atom is 0.414 e. The molecule has 2 aromatic rings. The standard InChI is InChI=1S/C24H27F2N3O2S/c1-5-8-15-14-29(22(30)31-23(2,3)4)20-10-7-6-9-18(20)24(15)28-27-21(32-24)17-13-16(25)11-12-19(17)26/h6-7,9-13,15,28H,5,8,14H2,1-4H3. The number of para-hydroxylation sites is 1. The zero-order valence-electron chi connectivity index (χ0n) is 18.6. The summed E-state index contributed by atoms with van der Waals surface area (Å²) in [6, 6.07) is 11.0. The van der Waals surface area contributed by atoms with E-state index >= 15 is 0 Å². The minimum atomic E-state index is -0.695. The molecule has 5 nitrogen and oxygen atoms in total. The molecule has 0 aliphatic carbocycles. The molecule has 2 aliphatic rings. The molecule has 2 aliphatic heterocycles. The number of nitrogens with one attached hydrogen (secondary N) is 1. The first kappa shape index (κ1) is 22.6. The van der Waals surface area contributed by atoms with E-state index in [0.29, 0.717) is 11.6 Å². The Hall–Kier alpha value is -2.61. The summed E-state index contributed by atoms with van der Waals surface area (Å²) in [5, 5.41) is 4.83. The number of ether oxygens (including phenoxy) is 1. The summed E-state index contributed by atoms with van der Waals surface area (Å²) < 4.78 is 34.0. The van der Waals surface area contributed by atoms with Gasteiger partial charge in [0.15, 0.2) is 0 Å². The van der Waals surface area contributed by atoms with Crippen molar-refractivity contribution in [1.82, 2.24) is 5.43 Å². The molecule has 2 heterocycles. The molecule has 0 saturated heterocycles. The Morgan fingerprint density at radius 2 is 2.03 bits per heavy atom. The molecule has 1 spiro atoms. The van der Waals surface area contributed by atoms with Gasteiger partial charge in [-0.1, -0.05) is 43.3 Å². The molecule has 2 atom stereocenters. The number of anilines is 1. The summed E-state index contributed by atoms with van der Waals surface area (Å²) in [6.07, 6.45) is 1.30. The lowest BCUT2D eigenvalue weighted by Crippen LogP contribution is -2.53. The summed E-state index contributed by atoms with van der Waals surface area (Å²) in [6.45, 7) is 8.03. The average Bonchev–Trinajstić information content (AvgIpc) is 3.17. The molecule has 1 N–H and O–H groups in total. The molecule has 0 bridgehead atoms. The number of hydrogen-bond donors (Lipinski definition) is 1. The first-order chi connectivity index (χ1) is 15.1. The Labute approximate surface area is 191 Å². The van der Waals surface area contributed by atoms with Gasteiger partial charge in [0.05, 0.1) is 5.69 Å². The molecule has 4 rings (SSSR count). The maximum absolute atomic E-state index is 14.5. The van der Waals surface area contributed by atoms with Gasteiger partial charge in [-0.25, -0.2) is 13.6 Å². The minimum Gasteiger partial charge on any atom is -0.443 e. The van der Waals surface area contributed by atoms with Crippen LogP contribution in [-0.2, 0) is 9.61 Å². The van der Waals surface area contributed by atoms with Gasteiger partial charge in [-0.3, -0.25) is 10.3 Å². The van der Waals surface area contributed by atoms with Crippen molar-refractivity contribution in [3.8, 4) is 0 Å². The van der Waals surface area contributed by atoms with Gasteiger partial charge in [0, 0.05) is 23.6 Å². The van der Waals surface area contributed by atoms with Crippen LogP contribution < -0.4 is 10.3 Å². The van der Waals surface area contributed by atoms with Gasteiger partial charge in [0.1, 0.15) is 27.2 Å². The van der Waals surface area contributed by atoms with Gasteiger partial charge in [-0.15, -0.1) is 0 Å². The van der Waals surface area contributed by atoms with Crippen LogP contribution in [0.25, 0.3) is 0 Å². The van der Waals surface area contributed by atoms with Gasteiger partial charge >= 0.3 is 6.09 Å². The summed E-state index contributed by atoms with van der Waals surface area (Å²) in [5.74, 6) is -1.07. The third kappa shape index (κ3) is 4.08. The summed E-state index contributed by atoms with van der Waals surface area (Å²) in [5.41, 5.74) is 4.36. The van der Waals surface area contributed by atoms with Crippen molar-refractivity contribution in [2.75, 3.05) is 11.4 Å². The van der Waals surface area contributed by atoms with Crippen molar-refractivity contribution in [3.05, 3.63) is 65.2 Å². The van der Waals surface area contributed by atoms with E-state index in [1.807, 2.05) is 45.0 Å². The van der Waals surface area contributed by atoms with Crippen molar-refractivity contribution in [2.45, 2.75) is 51.0 Å². The predicted molar refractivity (Wildman–Crippen MR) is 124 cm³/mol. The molecule has 2 unspecified atom stereocenters. The fraction of sp³-hybridized carbons (Fsp3) is 0.417. The van der Waals surface area contributed by atoms with Crippen molar-refractivity contribution in [1.29, 1.82) is 0 Å². The van der Waals surface area contributed by atoms with Crippen LogP contribution in [0.15, 0.2) is 47.6 Å². The van der Waals surface area contributed by atoms with Gasteiger partial charge in [0.25, 0.3) is 0 Å². The van der Waals surface area contributed by atoms with Crippen LogP contribution >= 0.6 is 11.8 Å². The molecule has 1 amide bonds. The summed E-state index contributed by atoms with van der Waals surface area (Å²) in [4.78, 5) is 14.0. The summed E-state index contributed by atoms with van der Waals surface area (Å²) in [7, 11) is 0. The normalized spacial score (nSPS) is 22.4. The Bertz CT molecular complexity index is 1070. The predicted octanol–water partition coefficient (Wildman–Crippen LogP) is 5.99. The monoisotopic (exact) mass is 459 g/mol. The molecule has 170 valence electrons. The quantitative estimate of drug-likeness (QED) is 0.613. The lowest BCUT2D eigenvalue weighted by atomic mass is 9.84. The lowest BCUT2D eigenvalue weighted by molar-refractivity contribution is 0.0563. The second-order valence-electron chi connectivity index (χ2n) is 9.08. The average molecular weight is 460 g/mol. The smallest absolute Gasteiger partial charge is 0.414 e. The zero-order valence-corrected chi connectivity index (χ0v) is 19.4. The number of rotatable bonds is 3. The van der Waals surface area contributed by atoms with E-state index < -0.39 is 28.2 Å². The van der Waals surface area contributed by atoms with Crippen LogP contribution in [0.4, 0.5) is 19.3 Å². The van der Waals surface area contributed by atoms with Gasteiger partial charge in [0.2, 0.25) is 0 Å². The van der Waals surface area contributed by atoms with Crippen LogP contribution in [-0.4, -0.2) is 23.3 Å². The van der Waals surface area contributed by atoms with E-state index in [9.17, 15) is 13.6 Å². The molecular weight excluding hydrogens is 432 g/mol. The van der Waals surface area contributed by atoms with Crippen LogP contribution in [0.2, 0.25) is 0 Å². The lowest BCUT2D eigenvalue weighted by Gasteiger charge is -2.46. The highest BCUT2D eigenvalue weighted by Crippen LogP contribution is 2.53. The van der Waals surface area contributed by atoms with E-state index in [1.165, 1.54) is 17.8 Å². The van der Waals surface area contributed by atoms with Crippen molar-refractivity contribution < 1.29 is 18.3 Å². The van der Waals surface area contributed by atoms with Gasteiger partial charge in [-0.2, -0.15) is 5.10 Å². The number of carbonyl (C=O) groups excluding carboxylic acids is 1. The highest BCUT2D eigenvalue weighted by Gasteiger charge is 2.52. The Balaban J connectivity index is 1.75. The second-order valence-corrected chi connectivity index (χ2v) is 10.3. The molecule has 0 fully saturated rings. The number of hydrogen-bond acceptors (Lipinski definition) is 5. The first-order valence-corrected chi connectivity index (χ1v) is 11.6. The van der Waals surface area contributed by atoms with Crippen molar-refractivity contribution >= 4 is 28.6 Å². The Morgan fingerprint density at radius 3 is 2.75 bits per heavy atom. The SMILES string of the molecule is CCCC1CN(C(=O)OC(C)(C)C)c2ccccc2C12NN=C(c1cc(F)ccc1F)S2. The molecule has 2 aromatic carbocycles. The number of nitrogens with zero attached hydrogens (tertiary/aromatic N) is 2. The molecule has 8 heteroatoms. The van der Waals surface area contributed by atoms with Crippen LogP contribution in [0.5, 0.6) is 0 Å². The number of benzene rings is 2. The van der Waals surface area contributed by atoms with Crippen LogP contribution in [0.1, 0.15) is 51.7 Å². The third-order valence-electron chi connectivity index (χ3n) is 5.56. The molecule has 0 aromatic heterocycles. The Kier molecular flexibility index (Phi) is 5.92. The van der Waals surface area contributed by atoms with Crippen molar-refractivity contribution in [2.24, 2.45) is 11.0 Å². The highest BCUT2D eigenvalue weighted by atomic mass is 32.2. The molecular formula is C24H27F2N3O2S. The summed E-state index contributed by atoms with van der Waals surface area (Å²) >= 11 is 1.38. The van der Waals surface area contributed by atoms with Gasteiger partial charge in [-0.05, 0) is 51.5 Å². The zero-order chi connectivity index (χ0) is 23.1. The first-order valence-electron chi connectivity index (χ1n) is 10.7. The molecule has 0 saturated carbocycles. The Morgan fingerprint density at radius 1 is 1.28 bits per heavy atom. The number of carbonyl (C=O) groups is 1. The number of fused-ring (bicyclic) bond motifs is 2. The van der Waals surface area contributed by atoms with E-state index in [1.54, 1.807) is 4.90 Å². The van der Waals surface area contributed by atoms with E-state index in [2.05, 4.69) is 17.5 Å². The number of thioether (sulfide) groups is 1.